The first-order valence-corrected chi connectivity index (χ1v) is 9.67. The van der Waals surface area contributed by atoms with Gasteiger partial charge in [-0.1, -0.05) is 30.3 Å². The molecule has 0 heterocycles. The van der Waals surface area contributed by atoms with Gasteiger partial charge in [-0.05, 0) is 14.7 Å². The Bertz CT molecular complexity index is 480. The van der Waals surface area contributed by atoms with Crippen LogP contribution in [0.3, 0.4) is 0 Å². The van der Waals surface area contributed by atoms with E-state index in [9.17, 15) is 13.9 Å². The average Bonchev–Trinajstić information content (AvgIpc) is 2.69. The molecule has 0 radical (unpaired) electrons. The second-order valence-corrected chi connectivity index (χ2v) is 7.63. The van der Waals surface area contributed by atoms with E-state index in [2.05, 4.69) is 0 Å². The number of hydrogen-bond acceptors (Lipinski definition) is 8. The number of carbonyl (C=O) groups excluding carboxylic acids is 1. The Morgan fingerprint density at radius 1 is 1.00 bits per heavy atom. The smallest absolute Gasteiger partial charge is 0.461 e. The van der Waals surface area contributed by atoms with Gasteiger partial charge in [-0.2, -0.15) is 0 Å². The fraction of sp³-hybridized carbons (Fsp3) is 0.533. The highest BCUT2D eigenvalue weighted by atomic mass is 31.2. The molecule has 10 heteroatoms. The molecule has 0 fully saturated rings. The van der Waals surface area contributed by atoms with Crippen LogP contribution in [-0.4, -0.2) is 50.0 Å². The minimum Gasteiger partial charge on any atom is -0.461 e. The van der Waals surface area contributed by atoms with E-state index < -0.39 is 27.4 Å². The predicted octanol–water partition coefficient (Wildman–Crippen LogP) is 2.83. The number of ether oxygens (including phenoxy) is 1. The van der Waals surface area contributed by atoms with Gasteiger partial charge in [0.2, 0.25) is 0 Å². The summed E-state index contributed by atoms with van der Waals surface area (Å²) in [5, 5.41) is 13.2. The Labute approximate surface area is 149 Å². The fourth-order valence-electron chi connectivity index (χ4n) is 1.59. The normalized spacial score (nSPS) is 11.8. The largest absolute Gasteiger partial charge is 0.566 e. The molecule has 0 spiro atoms. The minimum absolute atomic E-state index is 0.00632. The lowest BCUT2D eigenvalue weighted by atomic mass is 10.2. The number of hydrogen-bond donors (Lipinski definition) is 2. The van der Waals surface area contributed by atoms with Gasteiger partial charge in [0.05, 0.1) is 27.1 Å². The van der Waals surface area contributed by atoms with Gasteiger partial charge in [0.1, 0.15) is 6.61 Å². The molecule has 0 aliphatic carbocycles. The van der Waals surface area contributed by atoms with E-state index in [0.717, 1.165) is 19.8 Å². The van der Waals surface area contributed by atoms with E-state index in [1.165, 1.54) is 14.2 Å². The fourth-order valence-corrected chi connectivity index (χ4v) is 3.94. The Hall–Kier alpha value is -1.27. The van der Waals surface area contributed by atoms with Crippen LogP contribution < -0.4 is 0 Å². The van der Waals surface area contributed by atoms with Crippen molar-refractivity contribution in [3.05, 3.63) is 35.9 Å². The lowest BCUT2D eigenvalue weighted by Gasteiger charge is -2.03. The highest BCUT2D eigenvalue weighted by Gasteiger charge is 2.50. The third-order valence-corrected chi connectivity index (χ3v) is 6.04. The van der Waals surface area contributed by atoms with Gasteiger partial charge in [0.25, 0.3) is 0 Å². The number of aliphatic hydroxyl groups excluding tert-OH is 2. The van der Waals surface area contributed by atoms with E-state index in [4.69, 9.17) is 24.0 Å². The summed E-state index contributed by atoms with van der Waals surface area (Å²) >= 11 is 0. The van der Waals surface area contributed by atoms with Crippen molar-refractivity contribution in [1.29, 1.82) is 0 Å². The van der Waals surface area contributed by atoms with Crippen LogP contribution in [0.1, 0.15) is 18.4 Å². The molecule has 1 aromatic carbocycles. The second-order valence-electron chi connectivity index (χ2n) is 4.10. The van der Waals surface area contributed by atoms with E-state index >= 15 is 0 Å². The molecule has 0 aliphatic rings. The van der Waals surface area contributed by atoms with E-state index in [1.807, 2.05) is 30.3 Å². The highest BCUT2D eigenvalue weighted by molar-refractivity contribution is 7.58. The Balaban J connectivity index is 0. The summed E-state index contributed by atoms with van der Waals surface area (Å²) in [6, 6.07) is 9.27. The summed E-state index contributed by atoms with van der Waals surface area (Å²) in [7, 11) is 0.250. The summed E-state index contributed by atoms with van der Waals surface area (Å²) < 4.78 is 37.7. The first kappa shape index (κ1) is 26.0. The van der Waals surface area contributed by atoms with Gasteiger partial charge in [0.15, 0.2) is 0 Å². The third-order valence-electron chi connectivity index (χ3n) is 2.70. The molecule has 25 heavy (non-hydrogen) atoms. The van der Waals surface area contributed by atoms with Crippen LogP contribution in [0.25, 0.3) is 0 Å². The van der Waals surface area contributed by atoms with Crippen molar-refractivity contribution in [2.75, 3.05) is 28.4 Å². The summed E-state index contributed by atoms with van der Waals surface area (Å²) in [6.45, 7) is 0.178. The summed E-state index contributed by atoms with van der Waals surface area (Å²) in [5.74, 6) is -0.442. The number of aliphatic hydroxyl groups is 2. The van der Waals surface area contributed by atoms with Gasteiger partial charge in [-0.15, -0.1) is 9.05 Å². The maximum atomic E-state index is 11.6. The molecule has 0 saturated heterocycles. The molecule has 1 aromatic rings. The molecule has 1 rings (SSSR count). The van der Waals surface area contributed by atoms with Crippen molar-refractivity contribution in [3.8, 4) is 0 Å². The molecular weight excluding hydrogens is 370 g/mol. The van der Waals surface area contributed by atoms with Crippen molar-refractivity contribution in [3.63, 3.8) is 0 Å². The van der Waals surface area contributed by atoms with Crippen molar-refractivity contribution >= 4 is 22.0 Å². The summed E-state index contributed by atoms with van der Waals surface area (Å²) in [4.78, 5) is 11.6. The lowest BCUT2D eigenvalue weighted by Crippen LogP contribution is -2.08. The van der Waals surface area contributed by atoms with E-state index in [0.29, 0.717) is 0 Å². The lowest BCUT2D eigenvalue weighted by molar-refractivity contribution is -0.145. The molecule has 0 aromatic heterocycles. The standard InChI is InChI=1S/C13H18O6P2.2CH4O/c1-17-20(15)13(21(16)18-2)9-8-12(14)19-10-11-6-4-3-5-7-11;2*1-2/h3-7,13H,8-10H2,1-2H3;2*2H,1H3/q+2;;. The Morgan fingerprint density at radius 2 is 1.48 bits per heavy atom. The predicted molar refractivity (Wildman–Crippen MR) is 94.8 cm³/mol. The molecule has 8 nitrogen and oxygen atoms in total. The van der Waals surface area contributed by atoms with Gasteiger partial charge in [-0.3, -0.25) is 4.79 Å². The molecule has 2 N–H and O–H groups in total. The summed E-state index contributed by atoms with van der Waals surface area (Å²) in [6.07, 6.45) is 0.131. The highest BCUT2D eigenvalue weighted by Crippen LogP contribution is 2.47. The van der Waals surface area contributed by atoms with Crippen molar-refractivity contribution in [2.45, 2.75) is 24.8 Å². The molecule has 142 valence electrons. The Morgan fingerprint density at radius 3 is 1.92 bits per heavy atom. The van der Waals surface area contributed by atoms with Crippen molar-refractivity contribution in [2.24, 2.45) is 0 Å². The molecule has 0 aliphatic heterocycles. The Kier molecular flexibility index (Phi) is 18.2. The van der Waals surface area contributed by atoms with Crippen molar-refractivity contribution in [1.82, 2.24) is 0 Å². The van der Waals surface area contributed by atoms with Crippen LogP contribution in [0.2, 0.25) is 0 Å². The average molecular weight is 396 g/mol. The van der Waals surface area contributed by atoms with Gasteiger partial charge >= 0.3 is 27.4 Å². The van der Waals surface area contributed by atoms with Crippen LogP contribution in [0, 0.1) is 0 Å². The SMILES string of the molecule is CO.CO.CO[P+](=O)C(CCC(=O)OCc1ccccc1)[P+](=O)OC. The number of benzene rings is 1. The first-order chi connectivity index (χ1) is 12.1. The number of esters is 1. The zero-order chi connectivity index (χ0) is 19.7. The molecule has 2 atom stereocenters. The molecular formula is C15H26O8P2+2. The monoisotopic (exact) mass is 396 g/mol. The molecule has 0 bridgehead atoms. The number of carbonyl (C=O) groups is 1. The zero-order valence-electron chi connectivity index (χ0n) is 14.8. The van der Waals surface area contributed by atoms with Crippen LogP contribution in [0.4, 0.5) is 0 Å². The molecule has 2 unspecified atom stereocenters. The van der Waals surface area contributed by atoms with Crippen LogP contribution in [-0.2, 0) is 34.3 Å². The topological polar surface area (TPSA) is 119 Å². The number of rotatable bonds is 9. The molecule has 0 saturated carbocycles. The maximum absolute atomic E-state index is 11.6. The first-order valence-electron chi connectivity index (χ1n) is 7.18. The van der Waals surface area contributed by atoms with E-state index in [1.54, 1.807) is 0 Å². The van der Waals surface area contributed by atoms with Gasteiger partial charge in [-0.25, -0.2) is 0 Å². The second kappa shape index (κ2) is 17.5. The molecule has 0 amide bonds. The zero-order valence-corrected chi connectivity index (χ0v) is 16.6. The van der Waals surface area contributed by atoms with E-state index in [-0.39, 0.29) is 19.4 Å². The summed E-state index contributed by atoms with van der Waals surface area (Å²) in [5.41, 5.74) is 0.883. The minimum atomic E-state index is -2.14. The van der Waals surface area contributed by atoms with Crippen LogP contribution >= 0.6 is 16.1 Å². The van der Waals surface area contributed by atoms with Crippen LogP contribution in [0.5, 0.6) is 0 Å². The van der Waals surface area contributed by atoms with Crippen LogP contribution in [0.15, 0.2) is 30.3 Å². The maximum Gasteiger partial charge on any atom is 0.566 e. The third kappa shape index (κ3) is 11.8. The quantitative estimate of drug-likeness (QED) is 0.483. The van der Waals surface area contributed by atoms with Gasteiger partial charge < -0.3 is 14.9 Å². The van der Waals surface area contributed by atoms with Crippen molar-refractivity contribution < 1.29 is 37.9 Å². The van der Waals surface area contributed by atoms with Gasteiger partial charge in [0, 0.05) is 14.2 Å².